The molecule has 2 heterocycles. The number of aryl methyl sites for hydroxylation is 1. The molecule has 122 valence electrons. The fraction of sp³-hybridized carbons (Fsp3) is 0.471. The molecular formula is C17H21N3O3. The predicted molar refractivity (Wildman–Crippen MR) is 86.0 cm³/mol. The van der Waals surface area contributed by atoms with E-state index in [1.807, 2.05) is 29.8 Å². The quantitative estimate of drug-likeness (QED) is 0.813. The van der Waals surface area contributed by atoms with E-state index in [1.165, 1.54) is 0 Å². The maximum atomic E-state index is 12.7. The maximum absolute atomic E-state index is 12.7. The molecule has 6 nitrogen and oxygen atoms in total. The van der Waals surface area contributed by atoms with E-state index in [4.69, 9.17) is 4.74 Å². The molecule has 3 rings (SSSR count). The molecule has 0 aliphatic carbocycles. The molecule has 23 heavy (non-hydrogen) atoms. The van der Waals surface area contributed by atoms with Crippen molar-refractivity contribution in [3.63, 3.8) is 0 Å². The van der Waals surface area contributed by atoms with Crippen LogP contribution in [-0.4, -0.2) is 46.0 Å². The average molecular weight is 315 g/mol. The summed E-state index contributed by atoms with van der Waals surface area (Å²) in [5.74, 6) is -0.469. The number of esters is 1. The van der Waals surface area contributed by atoms with Crippen molar-refractivity contribution >= 4 is 22.9 Å². The third-order valence-electron chi connectivity index (χ3n) is 4.30. The highest BCUT2D eigenvalue weighted by Gasteiger charge is 2.29. The van der Waals surface area contributed by atoms with Gasteiger partial charge >= 0.3 is 5.97 Å². The van der Waals surface area contributed by atoms with Gasteiger partial charge in [0.05, 0.1) is 29.9 Å². The minimum absolute atomic E-state index is 0.0495. The van der Waals surface area contributed by atoms with Crippen LogP contribution in [0.4, 0.5) is 0 Å². The Morgan fingerprint density at radius 1 is 1.39 bits per heavy atom. The molecular weight excluding hydrogens is 294 g/mol. The highest BCUT2D eigenvalue weighted by molar-refractivity contribution is 5.97. The van der Waals surface area contributed by atoms with Crippen LogP contribution in [0.25, 0.3) is 11.0 Å². The van der Waals surface area contributed by atoms with Gasteiger partial charge in [-0.25, -0.2) is 4.98 Å². The van der Waals surface area contributed by atoms with Crippen LogP contribution >= 0.6 is 0 Å². The molecule has 1 saturated heterocycles. The van der Waals surface area contributed by atoms with E-state index in [-0.39, 0.29) is 17.8 Å². The van der Waals surface area contributed by atoms with Crippen LogP contribution in [0.5, 0.6) is 0 Å². The molecule has 0 radical (unpaired) electrons. The Bertz CT molecular complexity index is 738. The van der Waals surface area contributed by atoms with Gasteiger partial charge in [0, 0.05) is 25.7 Å². The number of hydrogen-bond acceptors (Lipinski definition) is 4. The van der Waals surface area contributed by atoms with Crippen molar-refractivity contribution in [1.29, 1.82) is 0 Å². The molecule has 0 N–H and O–H groups in total. The Morgan fingerprint density at radius 2 is 2.22 bits per heavy atom. The summed E-state index contributed by atoms with van der Waals surface area (Å²) in [6.45, 7) is 3.28. The lowest BCUT2D eigenvalue weighted by molar-refractivity contribution is -0.149. The lowest BCUT2D eigenvalue weighted by Crippen LogP contribution is -2.42. The predicted octanol–water partition coefficient (Wildman–Crippen LogP) is 1.99. The second-order valence-electron chi connectivity index (χ2n) is 5.90. The molecule has 1 fully saturated rings. The van der Waals surface area contributed by atoms with Crippen molar-refractivity contribution < 1.29 is 14.3 Å². The first-order valence-corrected chi connectivity index (χ1v) is 7.97. The number of benzene rings is 1. The highest BCUT2D eigenvalue weighted by Crippen LogP contribution is 2.21. The normalized spacial score (nSPS) is 18.2. The molecule has 1 aromatic carbocycles. The summed E-state index contributed by atoms with van der Waals surface area (Å²) in [4.78, 5) is 30.7. The van der Waals surface area contributed by atoms with Crippen LogP contribution in [0.15, 0.2) is 24.5 Å². The standard InChI is InChI=1S/C17H21N3O3/c1-3-23-17(22)13-5-4-8-20(10-13)16(21)12-6-7-15-14(9-12)18-11-19(15)2/h6-7,9,11,13H,3-5,8,10H2,1-2H3. The van der Waals surface area contributed by atoms with Gasteiger partial charge in [-0.05, 0) is 38.0 Å². The molecule has 0 bridgehead atoms. The molecule has 6 heteroatoms. The van der Waals surface area contributed by atoms with Crippen LogP contribution in [0.1, 0.15) is 30.1 Å². The van der Waals surface area contributed by atoms with E-state index in [0.29, 0.717) is 25.3 Å². The zero-order chi connectivity index (χ0) is 16.4. The van der Waals surface area contributed by atoms with Gasteiger partial charge in [0.1, 0.15) is 0 Å². The van der Waals surface area contributed by atoms with E-state index >= 15 is 0 Å². The maximum Gasteiger partial charge on any atom is 0.310 e. The second-order valence-corrected chi connectivity index (χ2v) is 5.90. The molecule has 1 aliphatic rings. The van der Waals surface area contributed by atoms with Gasteiger partial charge in [-0.3, -0.25) is 9.59 Å². The number of piperidine rings is 1. The lowest BCUT2D eigenvalue weighted by Gasteiger charge is -2.31. The van der Waals surface area contributed by atoms with Gasteiger partial charge in [0.15, 0.2) is 0 Å². The van der Waals surface area contributed by atoms with Crippen molar-refractivity contribution in [2.24, 2.45) is 13.0 Å². The molecule has 2 aromatic rings. The van der Waals surface area contributed by atoms with Crippen molar-refractivity contribution in [2.45, 2.75) is 19.8 Å². The monoisotopic (exact) mass is 315 g/mol. The van der Waals surface area contributed by atoms with E-state index in [9.17, 15) is 9.59 Å². The Kier molecular flexibility index (Phi) is 4.32. The second kappa shape index (κ2) is 6.40. The number of rotatable bonds is 3. The number of ether oxygens (including phenoxy) is 1. The summed E-state index contributed by atoms with van der Waals surface area (Å²) in [5.41, 5.74) is 2.41. The minimum Gasteiger partial charge on any atom is -0.466 e. The minimum atomic E-state index is -0.216. The summed E-state index contributed by atoms with van der Waals surface area (Å²) in [7, 11) is 1.92. The number of nitrogens with zero attached hydrogens (tertiary/aromatic N) is 3. The molecule has 1 aromatic heterocycles. The molecule has 1 unspecified atom stereocenters. The number of hydrogen-bond donors (Lipinski definition) is 0. The Morgan fingerprint density at radius 3 is 3.00 bits per heavy atom. The fourth-order valence-electron chi connectivity index (χ4n) is 3.07. The first-order chi connectivity index (χ1) is 11.1. The number of fused-ring (bicyclic) bond motifs is 1. The molecule has 1 aliphatic heterocycles. The van der Waals surface area contributed by atoms with Crippen LogP contribution in [0.2, 0.25) is 0 Å². The Labute approximate surface area is 135 Å². The van der Waals surface area contributed by atoms with Crippen molar-refractivity contribution in [2.75, 3.05) is 19.7 Å². The van der Waals surface area contributed by atoms with Crippen LogP contribution < -0.4 is 0 Å². The van der Waals surface area contributed by atoms with Crippen molar-refractivity contribution in [3.05, 3.63) is 30.1 Å². The Balaban J connectivity index is 1.76. The number of carbonyl (C=O) groups is 2. The smallest absolute Gasteiger partial charge is 0.310 e. The summed E-state index contributed by atoms with van der Waals surface area (Å²) >= 11 is 0. The van der Waals surface area contributed by atoms with Crippen LogP contribution in [-0.2, 0) is 16.6 Å². The van der Waals surface area contributed by atoms with Gasteiger partial charge < -0.3 is 14.2 Å². The summed E-state index contributed by atoms with van der Waals surface area (Å²) in [5, 5.41) is 0. The van der Waals surface area contributed by atoms with Gasteiger partial charge in [-0.2, -0.15) is 0 Å². The molecule has 1 amide bonds. The van der Waals surface area contributed by atoms with E-state index < -0.39 is 0 Å². The largest absolute Gasteiger partial charge is 0.466 e. The average Bonchev–Trinajstić information content (AvgIpc) is 2.95. The topological polar surface area (TPSA) is 64.4 Å². The molecule has 1 atom stereocenters. The van der Waals surface area contributed by atoms with Crippen LogP contribution in [0, 0.1) is 5.92 Å². The van der Waals surface area contributed by atoms with Gasteiger partial charge in [0.2, 0.25) is 0 Å². The molecule has 0 spiro atoms. The van der Waals surface area contributed by atoms with E-state index in [1.54, 1.807) is 18.2 Å². The van der Waals surface area contributed by atoms with E-state index in [2.05, 4.69) is 4.98 Å². The third kappa shape index (κ3) is 3.06. The van der Waals surface area contributed by atoms with Gasteiger partial charge in [-0.15, -0.1) is 0 Å². The van der Waals surface area contributed by atoms with Gasteiger partial charge in [-0.1, -0.05) is 0 Å². The van der Waals surface area contributed by atoms with E-state index in [0.717, 1.165) is 23.9 Å². The zero-order valence-electron chi connectivity index (χ0n) is 13.5. The summed E-state index contributed by atoms with van der Waals surface area (Å²) in [6.07, 6.45) is 3.33. The summed E-state index contributed by atoms with van der Waals surface area (Å²) in [6, 6.07) is 5.54. The Hall–Kier alpha value is -2.37. The number of imidazole rings is 1. The first kappa shape index (κ1) is 15.5. The number of amides is 1. The molecule has 0 saturated carbocycles. The lowest BCUT2D eigenvalue weighted by atomic mass is 9.97. The van der Waals surface area contributed by atoms with Crippen molar-refractivity contribution in [3.8, 4) is 0 Å². The number of carbonyl (C=O) groups excluding carboxylic acids is 2. The number of likely N-dealkylation sites (tertiary alicyclic amines) is 1. The van der Waals surface area contributed by atoms with Gasteiger partial charge in [0.25, 0.3) is 5.91 Å². The highest BCUT2D eigenvalue weighted by atomic mass is 16.5. The fourth-order valence-corrected chi connectivity index (χ4v) is 3.07. The zero-order valence-corrected chi connectivity index (χ0v) is 13.5. The van der Waals surface area contributed by atoms with Crippen LogP contribution in [0.3, 0.4) is 0 Å². The first-order valence-electron chi connectivity index (χ1n) is 7.97. The third-order valence-corrected chi connectivity index (χ3v) is 4.30. The number of aromatic nitrogens is 2. The SMILES string of the molecule is CCOC(=O)C1CCCN(C(=O)c2ccc3c(c2)ncn3C)C1. The summed E-state index contributed by atoms with van der Waals surface area (Å²) < 4.78 is 7.00. The van der Waals surface area contributed by atoms with Crippen molar-refractivity contribution in [1.82, 2.24) is 14.5 Å².